The zero-order valence-electron chi connectivity index (χ0n) is 12.5. The average molecular weight is 259 g/mol. The Hall–Kier alpha value is -1.30. The van der Waals surface area contributed by atoms with Gasteiger partial charge in [0.1, 0.15) is 5.82 Å². The Morgan fingerprint density at radius 2 is 2.00 bits per heavy atom. The molecule has 1 aliphatic rings. The predicted octanol–water partition coefficient (Wildman–Crippen LogP) is 3.79. The van der Waals surface area contributed by atoms with Crippen molar-refractivity contribution in [1.29, 1.82) is 5.26 Å². The van der Waals surface area contributed by atoms with E-state index in [4.69, 9.17) is 10.2 Å². The molecular weight excluding hydrogens is 234 g/mol. The van der Waals surface area contributed by atoms with Crippen molar-refractivity contribution in [2.24, 2.45) is 5.41 Å². The van der Waals surface area contributed by atoms with Crippen molar-refractivity contribution in [1.82, 2.24) is 9.55 Å². The molecule has 3 nitrogen and oxygen atoms in total. The van der Waals surface area contributed by atoms with E-state index < -0.39 is 0 Å². The van der Waals surface area contributed by atoms with Crippen molar-refractivity contribution in [3.05, 3.63) is 17.2 Å². The highest BCUT2D eigenvalue weighted by atomic mass is 15.1. The lowest BCUT2D eigenvalue weighted by atomic mass is 9.89. The molecule has 0 fully saturated rings. The van der Waals surface area contributed by atoms with E-state index in [2.05, 4.69) is 17.6 Å². The number of rotatable bonds is 5. The van der Waals surface area contributed by atoms with E-state index in [0.717, 1.165) is 32.2 Å². The number of fused-ring (bicyclic) bond motifs is 1. The van der Waals surface area contributed by atoms with Gasteiger partial charge in [-0.15, -0.1) is 0 Å². The first kappa shape index (κ1) is 14.1. The van der Waals surface area contributed by atoms with Crippen LogP contribution in [0.25, 0.3) is 0 Å². The van der Waals surface area contributed by atoms with Crippen molar-refractivity contribution in [3.63, 3.8) is 0 Å². The molecule has 0 saturated carbocycles. The molecule has 0 unspecified atom stereocenters. The van der Waals surface area contributed by atoms with Crippen LogP contribution in [0.4, 0.5) is 0 Å². The van der Waals surface area contributed by atoms with Crippen molar-refractivity contribution in [2.45, 2.75) is 72.3 Å². The van der Waals surface area contributed by atoms with Gasteiger partial charge >= 0.3 is 0 Å². The first-order valence-corrected chi connectivity index (χ1v) is 7.49. The fraction of sp³-hybridized carbons (Fsp3) is 0.750. The lowest BCUT2D eigenvalue weighted by Crippen LogP contribution is -2.11. The molecule has 1 aromatic rings. The summed E-state index contributed by atoms with van der Waals surface area (Å²) in [6.45, 7) is 7.24. The summed E-state index contributed by atoms with van der Waals surface area (Å²) in [6, 6.07) is 2.38. The molecule has 1 aromatic heterocycles. The largest absolute Gasteiger partial charge is 0.332 e. The fourth-order valence-corrected chi connectivity index (χ4v) is 2.93. The molecule has 0 saturated heterocycles. The molecular formula is C16H25N3. The third kappa shape index (κ3) is 3.37. The number of aryl methyl sites for hydroxylation is 2. The summed E-state index contributed by atoms with van der Waals surface area (Å²) in [5.41, 5.74) is 2.63. The van der Waals surface area contributed by atoms with Crippen LogP contribution in [0.5, 0.6) is 0 Å². The number of nitriles is 1. The third-order valence-corrected chi connectivity index (χ3v) is 4.16. The summed E-state index contributed by atoms with van der Waals surface area (Å²) >= 11 is 0. The lowest BCUT2D eigenvalue weighted by molar-refractivity contribution is 0.414. The van der Waals surface area contributed by atoms with Gasteiger partial charge in [0, 0.05) is 12.2 Å². The maximum atomic E-state index is 9.01. The van der Waals surface area contributed by atoms with Crippen LogP contribution in [0, 0.1) is 23.7 Å². The SMILES string of the molecule is Cc1nc2c(n1CCCCC(C)(C)C#N)CCCC2. The van der Waals surface area contributed by atoms with E-state index in [1.165, 1.54) is 36.5 Å². The molecule has 0 spiro atoms. The zero-order chi connectivity index (χ0) is 13.9. The molecule has 0 amide bonds. The van der Waals surface area contributed by atoms with Gasteiger partial charge in [0.05, 0.1) is 17.2 Å². The molecule has 0 atom stereocenters. The maximum Gasteiger partial charge on any atom is 0.106 e. The minimum absolute atomic E-state index is 0.177. The Morgan fingerprint density at radius 1 is 1.26 bits per heavy atom. The van der Waals surface area contributed by atoms with Crippen LogP contribution in [-0.4, -0.2) is 9.55 Å². The van der Waals surface area contributed by atoms with Crippen molar-refractivity contribution >= 4 is 0 Å². The molecule has 1 aliphatic carbocycles. The van der Waals surface area contributed by atoms with Gasteiger partial charge in [-0.2, -0.15) is 5.26 Å². The average Bonchev–Trinajstić information content (AvgIpc) is 2.71. The van der Waals surface area contributed by atoms with Crippen molar-refractivity contribution < 1.29 is 0 Å². The van der Waals surface area contributed by atoms with Crippen LogP contribution >= 0.6 is 0 Å². The van der Waals surface area contributed by atoms with E-state index >= 15 is 0 Å². The molecule has 0 bridgehead atoms. The number of imidazole rings is 1. The van der Waals surface area contributed by atoms with Crippen LogP contribution in [0.15, 0.2) is 0 Å². The first-order valence-electron chi connectivity index (χ1n) is 7.49. The summed E-state index contributed by atoms with van der Waals surface area (Å²) in [6.07, 6.45) is 8.20. The zero-order valence-corrected chi connectivity index (χ0v) is 12.5. The van der Waals surface area contributed by atoms with Gasteiger partial charge in [0.15, 0.2) is 0 Å². The molecule has 3 heteroatoms. The van der Waals surface area contributed by atoms with E-state index in [1.807, 2.05) is 13.8 Å². The smallest absolute Gasteiger partial charge is 0.106 e. The maximum absolute atomic E-state index is 9.01. The van der Waals surface area contributed by atoms with Gasteiger partial charge < -0.3 is 4.57 Å². The molecule has 0 N–H and O–H groups in total. The Morgan fingerprint density at radius 3 is 2.74 bits per heavy atom. The molecule has 0 aliphatic heterocycles. The van der Waals surface area contributed by atoms with Gasteiger partial charge in [-0.1, -0.05) is 6.42 Å². The summed E-state index contributed by atoms with van der Waals surface area (Å²) in [7, 11) is 0. The molecule has 0 aromatic carbocycles. The first-order chi connectivity index (χ1) is 9.03. The summed E-state index contributed by atoms with van der Waals surface area (Å²) in [4.78, 5) is 4.71. The number of aromatic nitrogens is 2. The molecule has 104 valence electrons. The van der Waals surface area contributed by atoms with E-state index in [0.29, 0.717) is 0 Å². The Labute approximate surface area is 116 Å². The van der Waals surface area contributed by atoms with Crippen LogP contribution in [0.2, 0.25) is 0 Å². The monoisotopic (exact) mass is 259 g/mol. The van der Waals surface area contributed by atoms with Gasteiger partial charge in [-0.05, 0) is 59.3 Å². The van der Waals surface area contributed by atoms with Gasteiger partial charge in [0.25, 0.3) is 0 Å². The molecule has 0 radical (unpaired) electrons. The molecule has 2 rings (SSSR count). The highest BCUT2D eigenvalue weighted by molar-refractivity contribution is 5.19. The Bertz CT molecular complexity index is 477. The summed E-state index contributed by atoms with van der Waals surface area (Å²) in [5, 5.41) is 9.01. The van der Waals surface area contributed by atoms with E-state index in [1.54, 1.807) is 0 Å². The Balaban J connectivity index is 1.90. The summed E-state index contributed by atoms with van der Waals surface area (Å²) < 4.78 is 2.41. The van der Waals surface area contributed by atoms with E-state index in [-0.39, 0.29) is 5.41 Å². The highest BCUT2D eigenvalue weighted by Gasteiger charge is 2.18. The summed E-state index contributed by atoms with van der Waals surface area (Å²) in [5.74, 6) is 1.17. The number of hydrogen-bond donors (Lipinski definition) is 0. The minimum Gasteiger partial charge on any atom is -0.332 e. The fourth-order valence-electron chi connectivity index (χ4n) is 2.93. The lowest BCUT2D eigenvalue weighted by Gasteiger charge is -2.17. The number of unbranched alkanes of at least 4 members (excludes halogenated alkanes) is 1. The quantitative estimate of drug-likeness (QED) is 0.755. The second-order valence-corrected chi connectivity index (χ2v) is 6.36. The van der Waals surface area contributed by atoms with Crippen LogP contribution in [0.1, 0.15) is 63.2 Å². The number of hydrogen-bond acceptors (Lipinski definition) is 2. The Kier molecular flexibility index (Phi) is 4.29. The van der Waals surface area contributed by atoms with Gasteiger partial charge in [0.2, 0.25) is 0 Å². The normalized spacial score (nSPS) is 15.1. The topological polar surface area (TPSA) is 41.6 Å². The molecule has 1 heterocycles. The van der Waals surface area contributed by atoms with Crippen LogP contribution in [-0.2, 0) is 19.4 Å². The third-order valence-electron chi connectivity index (χ3n) is 4.16. The number of nitrogens with zero attached hydrogens (tertiary/aromatic N) is 3. The second-order valence-electron chi connectivity index (χ2n) is 6.36. The highest BCUT2D eigenvalue weighted by Crippen LogP contribution is 2.24. The van der Waals surface area contributed by atoms with Gasteiger partial charge in [-0.3, -0.25) is 0 Å². The predicted molar refractivity (Wildman–Crippen MR) is 76.9 cm³/mol. The van der Waals surface area contributed by atoms with Gasteiger partial charge in [-0.25, -0.2) is 4.98 Å². The van der Waals surface area contributed by atoms with Crippen molar-refractivity contribution in [3.8, 4) is 6.07 Å². The standard InChI is InChI=1S/C16H25N3/c1-13-18-14-8-4-5-9-15(14)19(13)11-7-6-10-16(2,3)12-17/h4-11H2,1-3H3. The van der Waals surface area contributed by atoms with Crippen LogP contribution < -0.4 is 0 Å². The van der Waals surface area contributed by atoms with E-state index in [9.17, 15) is 0 Å². The van der Waals surface area contributed by atoms with Crippen molar-refractivity contribution in [2.75, 3.05) is 0 Å². The van der Waals surface area contributed by atoms with Crippen LogP contribution in [0.3, 0.4) is 0 Å². The minimum atomic E-state index is -0.177. The molecule has 19 heavy (non-hydrogen) atoms. The second kappa shape index (κ2) is 5.77.